The highest BCUT2D eigenvalue weighted by molar-refractivity contribution is 7.13. The third-order valence-electron chi connectivity index (χ3n) is 4.48. The number of nitrogens with one attached hydrogen (secondary N) is 2. The summed E-state index contributed by atoms with van der Waals surface area (Å²) in [5.74, 6) is 0.429. The number of nitrogens with zero attached hydrogens (tertiary/aromatic N) is 2. The molecular weight excluding hydrogens is 403 g/mol. The fraction of sp³-hybridized carbons (Fsp3) is 0.474. The summed E-state index contributed by atoms with van der Waals surface area (Å²) in [5, 5.41) is 9.04. The minimum absolute atomic E-state index is 0. The van der Waals surface area contributed by atoms with E-state index >= 15 is 0 Å². The number of hydrogen-bond donors (Lipinski definition) is 2. The van der Waals surface area contributed by atoms with Crippen LogP contribution in [0.1, 0.15) is 35.8 Å². The van der Waals surface area contributed by atoms with E-state index in [1.54, 1.807) is 0 Å². The first-order valence-corrected chi connectivity index (χ1v) is 9.78. The second-order valence-electron chi connectivity index (χ2n) is 6.66. The number of hydrogen-bond acceptors (Lipinski definition) is 5. The van der Waals surface area contributed by atoms with E-state index in [2.05, 4.69) is 58.6 Å². The molecule has 2 N–H and O–H groups in total. The van der Waals surface area contributed by atoms with Crippen LogP contribution in [0.25, 0.3) is 10.6 Å². The van der Waals surface area contributed by atoms with E-state index in [1.165, 1.54) is 16.9 Å². The lowest BCUT2D eigenvalue weighted by Crippen LogP contribution is -2.46. The first-order chi connectivity index (χ1) is 12.1. The van der Waals surface area contributed by atoms with Crippen LogP contribution in [0, 0.1) is 0 Å². The van der Waals surface area contributed by atoms with Crippen LogP contribution in [0.15, 0.2) is 29.6 Å². The van der Waals surface area contributed by atoms with Crippen LogP contribution in [0.5, 0.6) is 0 Å². The number of carbonyl (C=O) groups excluding carboxylic acids is 1. The van der Waals surface area contributed by atoms with Gasteiger partial charge in [-0.05, 0) is 11.5 Å². The standard InChI is InChI=1S/C19H26N4OS.2ClH/c1-14(2)15-3-5-16(6-4-15)19-22-17(13-25-19)18(24)21-9-12-23-10-7-20-8-11-23;;/h3-6,13-14,20H,7-12H2,1-2H3,(H,21,24);2*1H. The van der Waals surface area contributed by atoms with Crippen LogP contribution in [0.2, 0.25) is 0 Å². The second-order valence-corrected chi connectivity index (χ2v) is 7.52. The summed E-state index contributed by atoms with van der Waals surface area (Å²) in [7, 11) is 0. The van der Waals surface area contributed by atoms with Crippen molar-refractivity contribution in [3.05, 3.63) is 40.9 Å². The molecule has 150 valence electrons. The fourth-order valence-electron chi connectivity index (χ4n) is 2.87. The normalized spacial score (nSPS) is 14.3. The first kappa shape index (κ1) is 23.9. The lowest BCUT2D eigenvalue weighted by Gasteiger charge is -2.26. The molecule has 0 unspecified atom stereocenters. The van der Waals surface area contributed by atoms with Gasteiger partial charge >= 0.3 is 0 Å². The Morgan fingerprint density at radius 3 is 2.52 bits per heavy atom. The Kier molecular flexibility index (Phi) is 10.3. The molecule has 1 amide bonds. The minimum Gasteiger partial charge on any atom is -0.349 e. The largest absolute Gasteiger partial charge is 0.349 e. The number of carbonyl (C=O) groups is 1. The molecule has 0 saturated carbocycles. The molecule has 1 aliphatic heterocycles. The maximum absolute atomic E-state index is 12.3. The zero-order valence-corrected chi connectivity index (χ0v) is 18.2. The van der Waals surface area contributed by atoms with Crippen LogP contribution in [0.4, 0.5) is 0 Å². The minimum atomic E-state index is -0.0866. The molecule has 1 aromatic heterocycles. The maximum Gasteiger partial charge on any atom is 0.270 e. The molecule has 3 rings (SSSR count). The van der Waals surface area contributed by atoms with E-state index in [4.69, 9.17) is 0 Å². The van der Waals surface area contributed by atoms with Gasteiger partial charge in [-0.3, -0.25) is 9.69 Å². The smallest absolute Gasteiger partial charge is 0.270 e. The predicted molar refractivity (Wildman–Crippen MR) is 118 cm³/mol. The van der Waals surface area contributed by atoms with Gasteiger partial charge in [0.05, 0.1) is 0 Å². The van der Waals surface area contributed by atoms with Crippen molar-refractivity contribution in [1.82, 2.24) is 20.5 Å². The summed E-state index contributed by atoms with van der Waals surface area (Å²) >= 11 is 1.52. The summed E-state index contributed by atoms with van der Waals surface area (Å²) < 4.78 is 0. The summed E-state index contributed by atoms with van der Waals surface area (Å²) in [5.41, 5.74) is 2.88. The van der Waals surface area contributed by atoms with Crippen molar-refractivity contribution in [3.8, 4) is 10.6 Å². The fourth-order valence-corrected chi connectivity index (χ4v) is 3.68. The molecule has 0 spiro atoms. The van der Waals surface area contributed by atoms with Gasteiger partial charge in [-0.2, -0.15) is 0 Å². The van der Waals surface area contributed by atoms with E-state index in [0.29, 0.717) is 18.2 Å². The summed E-state index contributed by atoms with van der Waals surface area (Å²) in [6.07, 6.45) is 0. The molecule has 5 nitrogen and oxygen atoms in total. The highest BCUT2D eigenvalue weighted by Gasteiger charge is 2.13. The number of thiazole rings is 1. The van der Waals surface area contributed by atoms with Gasteiger partial charge in [-0.1, -0.05) is 38.1 Å². The molecule has 8 heteroatoms. The van der Waals surface area contributed by atoms with Gasteiger partial charge in [0.15, 0.2) is 0 Å². The number of rotatable bonds is 6. The van der Waals surface area contributed by atoms with E-state index in [0.717, 1.165) is 43.3 Å². The molecule has 1 aliphatic rings. The van der Waals surface area contributed by atoms with E-state index in [-0.39, 0.29) is 30.7 Å². The highest BCUT2D eigenvalue weighted by Crippen LogP contribution is 2.25. The molecule has 1 saturated heterocycles. The predicted octanol–water partition coefficient (Wildman–Crippen LogP) is 3.41. The van der Waals surface area contributed by atoms with Gasteiger partial charge in [0.1, 0.15) is 10.7 Å². The number of amides is 1. The van der Waals surface area contributed by atoms with Crippen molar-refractivity contribution in [2.75, 3.05) is 39.3 Å². The zero-order valence-electron chi connectivity index (χ0n) is 15.7. The SMILES string of the molecule is CC(C)c1ccc(-c2nc(C(=O)NCCN3CCNCC3)cs2)cc1.Cl.Cl. The first-order valence-electron chi connectivity index (χ1n) is 8.90. The Morgan fingerprint density at radius 2 is 1.89 bits per heavy atom. The van der Waals surface area contributed by atoms with Gasteiger partial charge in [-0.15, -0.1) is 36.2 Å². The average Bonchev–Trinajstić information content (AvgIpc) is 3.13. The molecule has 1 fully saturated rings. The van der Waals surface area contributed by atoms with Crippen molar-refractivity contribution in [1.29, 1.82) is 0 Å². The van der Waals surface area contributed by atoms with Crippen LogP contribution >= 0.6 is 36.2 Å². The third-order valence-corrected chi connectivity index (χ3v) is 5.38. The van der Waals surface area contributed by atoms with Crippen LogP contribution in [0.3, 0.4) is 0 Å². The number of aromatic nitrogens is 1. The van der Waals surface area contributed by atoms with Gasteiger partial charge in [-0.25, -0.2) is 4.98 Å². The number of halogens is 2. The monoisotopic (exact) mass is 430 g/mol. The summed E-state index contributed by atoms with van der Waals surface area (Å²) in [4.78, 5) is 19.1. The molecule has 2 aromatic rings. The van der Waals surface area contributed by atoms with Crippen molar-refractivity contribution in [2.24, 2.45) is 0 Å². The molecule has 0 aliphatic carbocycles. The maximum atomic E-state index is 12.3. The zero-order chi connectivity index (χ0) is 17.6. The molecule has 1 aromatic carbocycles. The molecule has 0 atom stereocenters. The van der Waals surface area contributed by atoms with Crippen molar-refractivity contribution in [2.45, 2.75) is 19.8 Å². The number of piperazine rings is 1. The molecular formula is C19H28Cl2N4OS. The van der Waals surface area contributed by atoms with Crippen molar-refractivity contribution < 1.29 is 4.79 Å². The van der Waals surface area contributed by atoms with E-state index in [1.807, 2.05) is 5.38 Å². The van der Waals surface area contributed by atoms with E-state index in [9.17, 15) is 4.79 Å². The molecule has 0 radical (unpaired) electrons. The van der Waals surface area contributed by atoms with Gasteiger partial charge in [0.2, 0.25) is 0 Å². The highest BCUT2D eigenvalue weighted by atomic mass is 35.5. The Morgan fingerprint density at radius 1 is 1.22 bits per heavy atom. The molecule has 27 heavy (non-hydrogen) atoms. The Balaban J connectivity index is 0.00000182. The summed E-state index contributed by atoms with van der Waals surface area (Å²) in [6.45, 7) is 10.1. The van der Waals surface area contributed by atoms with E-state index < -0.39 is 0 Å². The average molecular weight is 431 g/mol. The second kappa shape index (κ2) is 11.6. The van der Waals surface area contributed by atoms with Gasteiger partial charge < -0.3 is 10.6 Å². The van der Waals surface area contributed by atoms with Crippen LogP contribution in [-0.2, 0) is 0 Å². The van der Waals surface area contributed by atoms with Crippen molar-refractivity contribution >= 4 is 42.1 Å². The molecule has 2 heterocycles. The van der Waals surface area contributed by atoms with Crippen molar-refractivity contribution in [3.63, 3.8) is 0 Å². The lowest BCUT2D eigenvalue weighted by atomic mass is 10.0. The van der Waals surface area contributed by atoms with Crippen LogP contribution in [-0.4, -0.2) is 55.1 Å². The third kappa shape index (κ3) is 6.73. The van der Waals surface area contributed by atoms with Crippen LogP contribution < -0.4 is 10.6 Å². The van der Waals surface area contributed by atoms with Gasteiger partial charge in [0.25, 0.3) is 5.91 Å². The lowest BCUT2D eigenvalue weighted by molar-refractivity contribution is 0.0943. The van der Waals surface area contributed by atoms with Gasteiger partial charge in [0, 0.05) is 50.2 Å². The quantitative estimate of drug-likeness (QED) is 0.736. The Hall–Kier alpha value is -1.18. The summed E-state index contributed by atoms with van der Waals surface area (Å²) in [6, 6.07) is 8.43. The Labute approximate surface area is 177 Å². The Bertz CT molecular complexity index is 700. The topological polar surface area (TPSA) is 57.3 Å². The number of benzene rings is 1. The molecule has 0 bridgehead atoms.